The van der Waals surface area contributed by atoms with E-state index in [9.17, 15) is 8.42 Å². The van der Waals surface area contributed by atoms with E-state index in [1.165, 1.54) is 0 Å². The highest BCUT2D eigenvalue weighted by Crippen LogP contribution is 2.20. The van der Waals surface area contributed by atoms with E-state index in [4.69, 9.17) is 0 Å². The second-order valence-corrected chi connectivity index (χ2v) is 8.71. The number of hydrogen-bond donors (Lipinski definition) is 1. The van der Waals surface area contributed by atoms with E-state index < -0.39 is 9.84 Å². The number of rotatable bonds is 7. The molecule has 1 aliphatic heterocycles. The van der Waals surface area contributed by atoms with Gasteiger partial charge < -0.3 is 5.32 Å². The fourth-order valence-electron chi connectivity index (χ4n) is 2.01. The van der Waals surface area contributed by atoms with Crippen molar-refractivity contribution in [2.24, 2.45) is 5.92 Å². The van der Waals surface area contributed by atoms with Crippen LogP contribution in [-0.4, -0.2) is 62.1 Å². The summed E-state index contributed by atoms with van der Waals surface area (Å²) in [6.07, 6.45) is 0. The summed E-state index contributed by atoms with van der Waals surface area (Å²) in [6.45, 7) is 9.68. The minimum absolute atomic E-state index is 0.244. The van der Waals surface area contributed by atoms with Crippen LogP contribution in [0.25, 0.3) is 0 Å². The average Bonchev–Trinajstić information content (AvgIpc) is 2.35. The van der Waals surface area contributed by atoms with E-state index in [0.717, 1.165) is 37.7 Å². The summed E-state index contributed by atoms with van der Waals surface area (Å²) in [5.74, 6) is 2.64. The van der Waals surface area contributed by atoms with E-state index in [1.54, 1.807) is 18.7 Å². The molecule has 18 heavy (non-hydrogen) atoms. The third kappa shape index (κ3) is 5.07. The van der Waals surface area contributed by atoms with Crippen molar-refractivity contribution < 1.29 is 8.42 Å². The smallest absolute Gasteiger partial charge is 0.166 e. The summed E-state index contributed by atoms with van der Waals surface area (Å²) >= 11 is 1.75. The first-order chi connectivity index (χ1) is 8.47. The predicted octanol–water partition coefficient (Wildman–Crippen LogP) is 1.04. The van der Waals surface area contributed by atoms with Gasteiger partial charge in [-0.1, -0.05) is 20.8 Å². The summed E-state index contributed by atoms with van der Waals surface area (Å²) in [6, 6.07) is 0. The number of sulfone groups is 1. The van der Waals surface area contributed by atoms with E-state index in [1.807, 2.05) is 0 Å². The lowest BCUT2D eigenvalue weighted by Gasteiger charge is -2.34. The first kappa shape index (κ1) is 16.3. The molecule has 1 rings (SSSR count). The van der Waals surface area contributed by atoms with Gasteiger partial charge in [0.25, 0.3) is 0 Å². The molecule has 0 saturated carbocycles. The molecule has 1 N–H and O–H groups in total. The molecule has 108 valence electrons. The molecule has 6 heteroatoms. The first-order valence-electron chi connectivity index (χ1n) is 6.71. The van der Waals surface area contributed by atoms with Crippen molar-refractivity contribution in [3.8, 4) is 0 Å². The molecular formula is C12H26N2O2S2. The van der Waals surface area contributed by atoms with Gasteiger partial charge in [0.1, 0.15) is 5.37 Å². The molecule has 1 heterocycles. The second-order valence-electron chi connectivity index (χ2n) is 5.12. The maximum absolute atomic E-state index is 12.0. The van der Waals surface area contributed by atoms with Crippen molar-refractivity contribution in [1.29, 1.82) is 0 Å². The molecule has 1 unspecified atom stereocenters. The summed E-state index contributed by atoms with van der Waals surface area (Å²) in [4.78, 5) is 2.13. The molecule has 1 atom stereocenters. The Kier molecular flexibility index (Phi) is 6.98. The number of nitrogens with one attached hydrogen (secondary N) is 1. The van der Waals surface area contributed by atoms with Crippen LogP contribution in [0.15, 0.2) is 0 Å². The highest BCUT2D eigenvalue weighted by molar-refractivity contribution is 8.01. The highest BCUT2D eigenvalue weighted by Gasteiger charge is 2.32. The van der Waals surface area contributed by atoms with Crippen LogP contribution in [-0.2, 0) is 9.84 Å². The van der Waals surface area contributed by atoms with Crippen molar-refractivity contribution in [3.63, 3.8) is 0 Å². The third-order valence-electron chi connectivity index (χ3n) is 3.14. The lowest BCUT2D eigenvalue weighted by atomic mass is 10.2. The van der Waals surface area contributed by atoms with Gasteiger partial charge in [-0.25, -0.2) is 8.42 Å². The minimum Gasteiger partial charge on any atom is -0.315 e. The van der Waals surface area contributed by atoms with Crippen LogP contribution in [0, 0.1) is 5.92 Å². The Morgan fingerprint density at radius 1 is 1.44 bits per heavy atom. The Balaban J connectivity index is 2.45. The lowest BCUT2D eigenvalue weighted by Crippen LogP contribution is -2.50. The maximum Gasteiger partial charge on any atom is 0.166 e. The molecule has 0 aromatic rings. The summed E-state index contributed by atoms with van der Waals surface area (Å²) in [5, 5.41) is 3.10. The predicted molar refractivity (Wildman–Crippen MR) is 79.9 cm³/mol. The fraction of sp³-hybridized carbons (Fsp3) is 1.00. The SMILES string of the molecule is CCS(=O)(=O)C1CSCCN1CCNCC(C)C. The Morgan fingerprint density at radius 2 is 2.17 bits per heavy atom. The number of thioether (sulfide) groups is 1. The highest BCUT2D eigenvalue weighted by atomic mass is 32.2. The molecule has 0 amide bonds. The lowest BCUT2D eigenvalue weighted by molar-refractivity contribution is 0.268. The van der Waals surface area contributed by atoms with Crippen LogP contribution in [0.1, 0.15) is 20.8 Å². The molecule has 4 nitrogen and oxygen atoms in total. The van der Waals surface area contributed by atoms with Crippen LogP contribution in [0.3, 0.4) is 0 Å². The van der Waals surface area contributed by atoms with Crippen molar-refractivity contribution in [2.75, 3.05) is 43.4 Å². The first-order valence-corrected chi connectivity index (χ1v) is 9.58. The summed E-state index contributed by atoms with van der Waals surface area (Å²) < 4.78 is 24.1. The van der Waals surface area contributed by atoms with Gasteiger partial charge in [0.2, 0.25) is 0 Å². The Labute approximate surface area is 116 Å². The molecular weight excluding hydrogens is 268 g/mol. The van der Waals surface area contributed by atoms with Crippen LogP contribution in [0.5, 0.6) is 0 Å². The molecule has 1 aliphatic rings. The summed E-state index contributed by atoms with van der Waals surface area (Å²) in [5.41, 5.74) is 0. The van der Waals surface area contributed by atoms with E-state index in [-0.39, 0.29) is 11.1 Å². The van der Waals surface area contributed by atoms with E-state index in [0.29, 0.717) is 5.92 Å². The van der Waals surface area contributed by atoms with E-state index >= 15 is 0 Å². The van der Waals surface area contributed by atoms with Gasteiger partial charge in [-0.2, -0.15) is 11.8 Å². The molecule has 0 aliphatic carbocycles. The van der Waals surface area contributed by atoms with E-state index in [2.05, 4.69) is 24.1 Å². The Morgan fingerprint density at radius 3 is 2.78 bits per heavy atom. The molecule has 1 saturated heterocycles. The summed E-state index contributed by atoms with van der Waals surface area (Å²) in [7, 11) is -2.95. The maximum atomic E-state index is 12.0. The van der Waals surface area contributed by atoms with Crippen molar-refractivity contribution in [1.82, 2.24) is 10.2 Å². The van der Waals surface area contributed by atoms with Crippen LogP contribution in [0.4, 0.5) is 0 Å². The number of hydrogen-bond acceptors (Lipinski definition) is 5. The van der Waals surface area contributed by atoms with Crippen molar-refractivity contribution in [3.05, 3.63) is 0 Å². The zero-order valence-corrected chi connectivity index (χ0v) is 13.3. The van der Waals surface area contributed by atoms with Gasteiger partial charge >= 0.3 is 0 Å². The van der Waals surface area contributed by atoms with Crippen molar-refractivity contribution in [2.45, 2.75) is 26.1 Å². The monoisotopic (exact) mass is 294 g/mol. The second kappa shape index (κ2) is 7.72. The third-order valence-corrected chi connectivity index (χ3v) is 6.47. The minimum atomic E-state index is -2.95. The van der Waals surface area contributed by atoms with Gasteiger partial charge in [0, 0.05) is 36.9 Å². The molecule has 0 bridgehead atoms. The van der Waals surface area contributed by atoms with Crippen LogP contribution < -0.4 is 5.32 Å². The molecule has 0 spiro atoms. The van der Waals surface area contributed by atoms with Crippen LogP contribution in [0.2, 0.25) is 0 Å². The average molecular weight is 294 g/mol. The Bertz CT molecular complexity index is 331. The van der Waals surface area contributed by atoms with Gasteiger partial charge in [0.15, 0.2) is 9.84 Å². The zero-order valence-electron chi connectivity index (χ0n) is 11.7. The van der Waals surface area contributed by atoms with Gasteiger partial charge in [-0.15, -0.1) is 0 Å². The molecule has 0 aromatic carbocycles. The van der Waals surface area contributed by atoms with Gasteiger partial charge in [-0.05, 0) is 12.5 Å². The quantitative estimate of drug-likeness (QED) is 0.711. The standard InChI is InChI=1S/C12H26N2O2S2/c1-4-18(15,16)12-10-17-8-7-14(12)6-5-13-9-11(2)3/h11-13H,4-10H2,1-3H3. The fourth-order valence-corrected chi connectivity index (χ4v) is 5.12. The topological polar surface area (TPSA) is 49.4 Å². The van der Waals surface area contributed by atoms with Gasteiger partial charge in [0.05, 0.1) is 0 Å². The molecule has 0 radical (unpaired) electrons. The largest absolute Gasteiger partial charge is 0.315 e. The molecule has 0 aromatic heterocycles. The number of nitrogens with zero attached hydrogens (tertiary/aromatic N) is 1. The normalized spacial score (nSPS) is 22.6. The zero-order chi connectivity index (χ0) is 13.6. The van der Waals surface area contributed by atoms with Gasteiger partial charge in [-0.3, -0.25) is 4.90 Å². The van der Waals surface area contributed by atoms with Crippen LogP contribution >= 0.6 is 11.8 Å². The Hall–Kier alpha value is 0.220. The van der Waals surface area contributed by atoms with Crippen molar-refractivity contribution >= 4 is 21.6 Å². The molecule has 1 fully saturated rings.